The zero-order chi connectivity index (χ0) is 18.5. The van der Waals surface area contributed by atoms with E-state index in [1.165, 1.54) is 29.8 Å². The highest BCUT2D eigenvalue weighted by Crippen LogP contribution is 2.24. The second-order valence-electron chi connectivity index (χ2n) is 5.94. The Morgan fingerprint density at radius 2 is 1.88 bits per heavy atom. The van der Waals surface area contributed by atoms with Gasteiger partial charge in [0.05, 0.1) is 12.2 Å². The number of halogens is 1. The summed E-state index contributed by atoms with van der Waals surface area (Å²) in [5, 5.41) is 5.66. The molecular formula is C20H19FN2O2S. The number of ether oxygens (including phenoxy) is 1. The van der Waals surface area contributed by atoms with Crippen molar-refractivity contribution in [2.24, 2.45) is 0 Å². The summed E-state index contributed by atoms with van der Waals surface area (Å²) in [4.78, 5) is 16.7. The van der Waals surface area contributed by atoms with E-state index in [0.29, 0.717) is 12.3 Å². The molecule has 134 valence electrons. The third-order valence-electron chi connectivity index (χ3n) is 3.79. The minimum atomic E-state index is -0.685. The predicted octanol–water partition coefficient (Wildman–Crippen LogP) is 4.34. The molecule has 0 aliphatic rings. The number of benzene rings is 2. The van der Waals surface area contributed by atoms with Crippen molar-refractivity contribution in [2.75, 3.05) is 0 Å². The molecule has 0 aliphatic carbocycles. The van der Waals surface area contributed by atoms with Crippen LogP contribution in [-0.4, -0.2) is 17.0 Å². The lowest BCUT2D eigenvalue weighted by Crippen LogP contribution is -2.35. The van der Waals surface area contributed by atoms with Crippen molar-refractivity contribution in [3.05, 3.63) is 71.0 Å². The number of carbonyl (C=O) groups is 1. The van der Waals surface area contributed by atoms with Gasteiger partial charge in [0.2, 0.25) is 0 Å². The SMILES string of the molecule is Cc1ccc(-c2nc(CNC(=O)C(C)Oc3ccc(F)cc3)cs2)cc1. The van der Waals surface area contributed by atoms with E-state index in [1.54, 1.807) is 18.3 Å². The lowest BCUT2D eigenvalue weighted by atomic mass is 10.2. The van der Waals surface area contributed by atoms with Gasteiger partial charge in [0.25, 0.3) is 5.91 Å². The van der Waals surface area contributed by atoms with Crippen LogP contribution in [0.4, 0.5) is 4.39 Å². The molecule has 1 N–H and O–H groups in total. The number of hydrogen-bond donors (Lipinski definition) is 1. The second-order valence-corrected chi connectivity index (χ2v) is 6.80. The zero-order valence-corrected chi connectivity index (χ0v) is 15.3. The van der Waals surface area contributed by atoms with Crippen molar-refractivity contribution in [3.63, 3.8) is 0 Å². The standard InChI is InChI=1S/C20H19FN2O2S/c1-13-3-5-15(6-4-13)20-23-17(12-26-20)11-22-19(24)14(2)25-18-9-7-16(21)8-10-18/h3-10,12,14H,11H2,1-2H3,(H,22,24). The minimum Gasteiger partial charge on any atom is -0.481 e. The largest absolute Gasteiger partial charge is 0.481 e. The van der Waals surface area contributed by atoms with Crippen LogP contribution in [0.2, 0.25) is 0 Å². The molecule has 1 amide bonds. The molecule has 4 nitrogen and oxygen atoms in total. The number of rotatable bonds is 6. The molecule has 3 aromatic rings. The molecule has 1 heterocycles. The summed E-state index contributed by atoms with van der Waals surface area (Å²) in [7, 11) is 0. The van der Waals surface area contributed by atoms with Crippen LogP contribution >= 0.6 is 11.3 Å². The molecule has 1 unspecified atom stereocenters. The van der Waals surface area contributed by atoms with Crippen molar-refractivity contribution >= 4 is 17.2 Å². The third kappa shape index (κ3) is 4.67. The molecule has 0 spiro atoms. The van der Waals surface area contributed by atoms with Crippen molar-refractivity contribution in [2.45, 2.75) is 26.5 Å². The summed E-state index contributed by atoms with van der Waals surface area (Å²) in [6, 6.07) is 13.7. The van der Waals surface area contributed by atoms with Crippen molar-refractivity contribution in [3.8, 4) is 16.3 Å². The topological polar surface area (TPSA) is 51.2 Å². The Morgan fingerprint density at radius 3 is 2.58 bits per heavy atom. The summed E-state index contributed by atoms with van der Waals surface area (Å²) >= 11 is 1.54. The van der Waals surface area contributed by atoms with Gasteiger partial charge in [0.1, 0.15) is 16.6 Å². The van der Waals surface area contributed by atoms with E-state index in [0.717, 1.165) is 16.3 Å². The van der Waals surface area contributed by atoms with E-state index >= 15 is 0 Å². The van der Waals surface area contributed by atoms with Gasteiger partial charge in [-0.3, -0.25) is 4.79 Å². The van der Waals surface area contributed by atoms with Gasteiger partial charge < -0.3 is 10.1 Å². The maximum atomic E-state index is 12.9. The molecule has 0 saturated carbocycles. The Bertz CT molecular complexity index is 876. The Labute approximate surface area is 155 Å². The van der Waals surface area contributed by atoms with Gasteiger partial charge >= 0.3 is 0 Å². The lowest BCUT2D eigenvalue weighted by molar-refractivity contribution is -0.127. The average Bonchev–Trinajstić information content (AvgIpc) is 3.11. The van der Waals surface area contributed by atoms with Crippen LogP contribution < -0.4 is 10.1 Å². The van der Waals surface area contributed by atoms with Gasteiger partial charge in [-0.2, -0.15) is 0 Å². The van der Waals surface area contributed by atoms with Gasteiger partial charge in [-0.15, -0.1) is 11.3 Å². The van der Waals surface area contributed by atoms with Crippen molar-refractivity contribution in [1.29, 1.82) is 0 Å². The molecule has 0 saturated heterocycles. The summed E-state index contributed by atoms with van der Waals surface area (Å²) in [6.07, 6.45) is -0.685. The molecule has 0 aliphatic heterocycles. The summed E-state index contributed by atoms with van der Waals surface area (Å²) in [6.45, 7) is 4.03. The highest BCUT2D eigenvalue weighted by atomic mass is 32.1. The van der Waals surface area contributed by atoms with Crippen molar-refractivity contribution < 1.29 is 13.9 Å². The Hall–Kier alpha value is -2.73. The molecular weight excluding hydrogens is 351 g/mol. The Kier molecular flexibility index (Phi) is 5.63. The van der Waals surface area contributed by atoms with E-state index in [4.69, 9.17) is 4.74 Å². The molecule has 3 rings (SSSR count). The number of aromatic nitrogens is 1. The fourth-order valence-electron chi connectivity index (χ4n) is 2.31. The molecule has 0 fully saturated rings. The minimum absolute atomic E-state index is 0.251. The number of amides is 1. The van der Waals surface area contributed by atoms with E-state index in [-0.39, 0.29) is 11.7 Å². The Balaban J connectivity index is 1.54. The Morgan fingerprint density at radius 1 is 1.19 bits per heavy atom. The fraction of sp³-hybridized carbons (Fsp3) is 0.200. The highest BCUT2D eigenvalue weighted by Gasteiger charge is 2.15. The van der Waals surface area contributed by atoms with E-state index in [2.05, 4.69) is 10.3 Å². The first-order valence-corrected chi connectivity index (χ1v) is 9.10. The molecule has 26 heavy (non-hydrogen) atoms. The molecule has 1 atom stereocenters. The highest BCUT2D eigenvalue weighted by molar-refractivity contribution is 7.13. The van der Waals surface area contributed by atoms with Crippen LogP contribution in [0.3, 0.4) is 0 Å². The van der Waals surface area contributed by atoms with E-state index in [9.17, 15) is 9.18 Å². The third-order valence-corrected chi connectivity index (χ3v) is 4.73. The van der Waals surface area contributed by atoms with Crippen molar-refractivity contribution in [1.82, 2.24) is 10.3 Å². The number of nitrogens with one attached hydrogen (secondary N) is 1. The number of hydrogen-bond acceptors (Lipinski definition) is 4. The van der Waals surface area contributed by atoms with Crippen LogP contribution in [0, 0.1) is 12.7 Å². The van der Waals surface area contributed by atoms with Gasteiger partial charge in [0.15, 0.2) is 6.10 Å². The van der Waals surface area contributed by atoms with Crippen LogP contribution in [0.1, 0.15) is 18.2 Å². The van der Waals surface area contributed by atoms with Gasteiger partial charge in [0, 0.05) is 10.9 Å². The maximum absolute atomic E-state index is 12.9. The number of thiazole rings is 1. The average molecular weight is 370 g/mol. The molecule has 0 bridgehead atoms. The van der Waals surface area contributed by atoms with Gasteiger partial charge in [-0.25, -0.2) is 9.37 Å². The summed E-state index contributed by atoms with van der Waals surface area (Å²) in [5.74, 6) is -0.147. The quantitative estimate of drug-likeness (QED) is 0.702. The smallest absolute Gasteiger partial charge is 0.261 e. The second kappa shape index (κ2) is 8.10. The molecule has 2 aromatic carbocycles. The van der Waals surface area contributed by atoms with Gasteiger partial charge in [-0.05, 0) is 38.1 Å². The first kappa shape index (κ1) is 18.1. The predicted molar refractivity (Wildman–Crippen MR) is 101 cm³/mol. The number of carbonyl (C=O) groups excluding carboxylic acids is 1. The summed E-state index contributed by atoms with van der Waals surface area (Å²) in [5.41, 5.74) is 3.06. The molecule has 6 heteroatoms. The van der Waals surface area contributed by atoms with Crippen LogP contribution in [0.25, 0.3) is 10.6 Å². The van der Waals surface area contributed by atoms with Gasteiger partial charge in [-0.1, -0.05) is 29.8 Å². The van der Waals surface area contributed by atoms with Crippen LogP contribution in [0.5, 0.6) is 5.75 Å². The first-order chi connectivity index (χ1) is 12.5. The number of aryl methyl sites for hydroxylation is 1. The normalized spacial score (nSPS) is 11.8. The first-order valence-electron chi connectivity index (χ1n) is 8.22. The monoisotopic (exact) mass is 370 g/mol. The fourth-order valence-corrected chi connectivity index (χ4v) is 3.13. The molecule has 1 aromatic heterocycles. The maximum Gasteiger partial charge on any atom is 0.261 e. The lowest BCUT2D eigenvalue weighted by Gasteiger charge is -2.14. The van der Waals surface area contributed by atoms with E-state index in [1.807, 2.05) is 36.6 Å². The van der Waals surface area contributed by atoms with Crippen LogP contribution in [0.15, 0.2) is 53.9 Å². The number of nitrogens with zero attached hydrogens (tertiary/aromatic N) is 1. The molecule has 0 radical (unpaired) electrons. The van der Waals surface area contributed by atoms with E-state index < -0.39 is 6.10 Å². The summed E-state index contributed by atoms with van der Waals surface area (Å²) < 4.78 is 18.4. The van der Waals surface area contributed by atoms with Crippen LogP contribution in [-0.2, 0) is 11.3 Å². The zero-order valence-electron chi connectivity index (χ0n) is 14.5.